The highest BCUT2D eigenvalue weighted by Gasteiger charge is 2.24. The highest BCUT2D eigenvalue weighted by atomic mass is 32.2. The summed E-state index contributed by atoms with van der Waals surface area (Å²) < 4.78 is 23.2. The van der Waals surface area contributed by atoms with Crippen LogP contribution >= 0.6 is 11.3 Å². The molecule has 4 nitrogen and oxygen atoms in total. The number of carbonyl (C=O) groups is 1. The van der Waals surface area contributed by atoms with E-state index in [9.17, 15) is 13.2 Å². The lowest BCUT2D eigenvalue weighted by Crippen LogP contribution is -2.14. The Labute approximate surface area is 128 Å². The molecule has 21 heavy (non-hydrogen) atoms. The third-order valence-electron chi connectivity index (χ3n) is 3.41. The molecule has 1 heterocycles. The number of hydrogen-bond donors (Lipinski definition) is 1. The van der Waals surface area contributed by atoms with Gasteiger partial charge in [0.05, 0.1) is 9.77 Å². The van der Waals surface area contributed by atoms with Crippen LogP contribution in [0.3, 0.4) is 0 Å². The molecule has 2 N–H and O–H groups in total. The maximum atomic E-state index is 12.5. The average Bonchev–Trinajstić information content (AvgIpc) is 2.67. The second-order valence-corrected chi connectivity index (χ2v) is 7.74. The molecule has 0 radical (unpaired) electrons. The van der Waals surface area contributed by atoms with Gasteiger partial charge in [0, 0.05) is 11.3 Å². The number of nitrogens with two attached hydrogens (primary N) is 1. The second kappa shape index (κ2) is 5.71. The molecule has 0 aliphatic carbocycles. The number of aryl methyl sites for hydroxylation is 2. The first-order valence-electron chi connectivity index (χ1n) is 6.42. The third-order valence-corrected chi connectivity index (χ3v) is 5.97. The number of sulfonamides is 1. The summed E-state index contributed by atoms with van der Waals surface area (Å²) in [5, 5.41) is 5.22. The molecular weight excluding hydrogens is 306 g/mol. The van der Waals surface area contributed by atoms with Crippen LogP contribution in [0.15, 0.2) is 29.2 Å². The number of Topliss-reactive ketones (excluding diaryl/α,β-unsaturated/α-hetero) is 1. The SMILES string of the molecule is Cc1ccccc1CC(=O)c1sc(C)c(S(N)(=O)=O)c1C. The van der Waals surface area contributed by atoms with Gasteiger partial charge >= 0.3 is 0 Å². The Bertz CT molecular complexity index is 804. The zero-order chi connectivity index (χ0) is 15.8. The molecule has 1 aromatic heterocycles. The highest BCUT2D eigenvalue weighted by Crippen LogP contribution is 2.31. The molecule has 0 aliphatic heterocycles. The molecule has 1 aromatic carbocycles. The van der Waals surface area contributed by atoms with E-state index in [1.165, 1.54) is 11.3 Å². The minimum atomic E-state index is -3.80. The van der Waals surface area contributed by atoms with Crippen LogP contribution < -0.4 is 5.14 Å². The zero-order valence-electron chi connectivity index (χ0n) is 12.1. The lowest BCUT2D eigenvalue weighted by Gasteiger charge is -2.04. The van der Waals surface area contributed by atoms with Crippen molar-refractivity contribution in [3.8, 4) is 0 Å². The number of primary sulfonamides is 1. The summed E-state index contributed by atoms with van der Waals surface area (Å²) in [4.78, 5) is 13.6. The summed E-state index contributed by atoms with van der Waals surface area (Å²) in [6.07, 6.45) is 0.261. The van der Waals surface area contributed by atoms with E-state index in [0.29, 0.717) is 15.3 Å². The molecule has 0 spiro atoms. The van der Waals surface area contributed by atoms with Gasteiger partial charge in [-0.15, -0.1) is 11.3 Å². The predicted octanol–water partition coefficient (Wildman–Crippen LogP) is 2.75. The van der Waals surface area contributed by atoms with E-state index in [1.807, 2.05) is 31.2 Å². The summed E-state index contributed by atoms with van der Waals surface area (Å²) in [6, 6.07) is 7.66. The molecule has 0 amide bonds. The van der Waals surface area contributed by atoms with E-state index >= 15 is 0 Å². The van der Waals surface area contributed by atoms with Gasteiger partial charge in [-0.05, 0) is 37.5 Å². The van der Waals surface area contributed by atoms with Crippen LogP contribution in [-0.2, 0) is 16.4 Å². The number of rotatable bonds is 4. The van der Waals surface area contributed by atoms with Crippen LogP contribution in [0.1, 0.15) is 31.2 Å². The van der Waals surface area contributed by atoms with E-state index in [0.717, 1.165) is 11.1 Å². The first-order valence-corrected chi connectivity index (χ1v) is 8.78. The summed E-state index contributed by atoms with van der Waals surface area (Å²) >= 11 is 1.19. The smallest absolute Gasteiger partial charge is 0.239 e. The fraction of sp³-hybridized carbons (Fsp3) is 0.267. The van der Waals surface area contributed by atoms with Gasteiger partial charge in [0.15, 0.2) is 5.78 Å². The van der Waals surface area contributed by atoms with Crippen molar-refractivity contribution in [2.24, 2.45) is 5.14 Å². The maximum absolute atomic E-state index is 12.5. The standard InChI is InChI=1S/C15H17NO3S2/c1-9-6-4-5-7-12(9)8-13(17)14-10(2)15(11(3)20-14)21(16,18)19/h4-7H,8H2,1-3H3,(H2,16,18,19). The molecule has 0 fully saturated rings. The molecule has 112 valence electrons. The van der Waals surface area contributed by atoms with Crippen molar-refractivity contribution in [2.75, 3.05) is 0 Å². The molecule has 6 heteroatoms. The van der Waals surface area contributed by atoms with Crippen molar-refractivity contribution in [3.05, 3.63) is 50.7 Å². The van der Waals surface area contributed by atoms with Crippen LogP contribution in [0.25, 0.3) is 0 Å². The average molecular weight is 323 g/mol. The van der Waals surface area contributed by atoms with Gasteiger partial charge in [-0.25, -0.2) is 13.6 Å². The van der Waals surface area contributed by atoms with E-state index in [2.05, 4.69) is 0 Å². The summed E-state index contributed by atoms with van der Waals surface area (Å²) in [7, 11) is -3.80. The molecule has 0 unspecified atom stereocenters. The first kappa shape index (κ1) is 15.9. The molecule has 0 saturated carbocycles. The van der Waals surface area contributed by atoms with Crippen molar-refractivity contribution in [3.63, 3.8) is 0 Å². The van der Waals surface area contributed by atoms with Crippen LogP contribution in [0, 0.1) is 20.8 Å². The number of benzene rings is 1. The van der Waals surface area contributed by atoms with Crippen molar-refractivity contribution in [1.29, 1.82) is 0 Å². The van der Waals surface area contributed by atoms with Gasteiger partial charge < -0.3 is 0 Å². The first-order chi connectivity index (χ1) is 9.71. The van der Waals surface area contributed by atoms with Gasteiger partial charge in [0.2, 0.25) is 10.0 Å². The minimum Gasteiger partial charge on any atom is -0.293 e. The Hall–Kier alpha value is -1.50. The summed E-state index contributed by atoms with van der Waals surface area (Å²) in [5.74, 6) is -0.0789. The van der Waals surface area contributed by atoms with Crippen LogP contribution in [0.4, 0.5) is 0 Å². The van der Waals surface area contributed by atoms with Crippen molar-refractivity contribution >= 4 is 27.1 Å². The fourth-order valence-electron chi connectivity index (χ4n) is 2.38. The topological polar surface area (TPSA) is 77.2 Å². The lowest BCUT2D eigenvalue weighted by molar-refractivity contribution is 0.0996. The number of hydrogen-bond acceptors (Lipinski definition) is 4. The van der Waals surface area contributed by atoms with Gasteiger partial charge in [-0.2, -0.15) is 0 Å². The van der Waals surface area contributed by atoms with Gasteiger partial charge in [-0.1, -0.05) is 24.3 Å². The van der Waals surface area contributed by atoms with E-state index in [1.54, 1.807) is 13.8 Å². The maximum Gasteiger partial charge on any atom is 0.239 e. The molecule has 2 aromatic rings. The predicted molar refractivity (Wildman–Crippen MR) is 84.4 cm³/mol. The number of ketones is 1. The Morgan fingerprint density at radius 3 is 2.33 bits per heavy atom. The van der Waals surface area contributed by atoms with Crippen LogP contribution in [0.2, 0.25) is 0 Å². The van der Waals surface area contributed by atoms with Crippen LogP contribution in [-0.4, -0.2) is 14.2 Å². The fourth-order valence-corrected chi connectivity index (χ4v) is 4.85. The Morgan fingerprint density at radius 2 is 1.81 bits per heavy atom. The lowest BCUT2D eigenvalue weighted by atomic mass is 10.0. The van der Waals surface area contributed by atoms with E-state index in [4.69, 9.17) is 5.14 Å². The molecule has 0 aliphatic rings. The molecule has 0 saturated heterocycles. The number of thiophene rings is 1. The van der Waals surface area contributed by atoms with Crippen molar-refractivity contribution < 1.29 is 13.2 Å². The minimum absolute atomic E-state index is 0.0789. The number of carbonyl (C=O) groups excluding carboxylic acids is 1. The summed E-state index contributed by atoms with van der Waals surface area (Å²) in [5.41, 5.74) is 2.45. The highest BCUT2D eigenvalue weighted by molar-refractivity contribution is 7.89. The normalized spacial score (nSPS) is 11.6. The largest absolute Gasteiger partial charge is 0.293 e. The monoisotopic (exact) mass is 323 g/mol. The Kier molecular flexibility index (Phi) is 4.32. The van der Waals surface area contributed by atoms with Gasteiger partial charge in [-0.3, -0.25) is 4.79 Å². The third kappa shape index (κ3) is 3.23. The molecular formula is C15H17NO3S2. The Balaban J connectivity index is 2.40. The molecule has 2 rings (SSSR count). The van der Waals surface area contributed by atoms with Gasteiger partial charge in [0.1, 0.15) is 0 Å². The van der Waals surface area contributed by atoms with Crippen LogP contribution in [0.5, 0.6) is 0 Å². The second-order valence-electron chi connectivity index (χ2n) is 5.01. The zero-order valence-corrected chi connectivity index (χ0v) is 13.8. The molecule has 0 atom stereocenters. The molecule has 0 bridgehead atoms. The van der Waals surface area contributed by atoms with Crippen molar-refractivity contribution in [2.45, 2.75) is 32.1 Å². The van der Waals surface area contributed by atoms with Gasteiger partial charge in [0.25, 0.3) is 0 Å². The van der Waals surface area contributed by atoms with Crippen molar-refractivity contribution in [1.82, 2.24) is 0 Å². The quantitative estimate of drug-likeness (QED) is 0.879. The summed E-state index contributed by atoms with van der Waals surface area (Å²) in [6.45, 7) is 5.25. The van der Waals surface area contributed by atoms with E-state index in [-0.39, 0.29) is 17.1 Å². The van der Waals surface area contributed by atoms with E-state index < -0.39 is 10.0 Å². The Morgan fingerprint density at radius 1 is 1.19 bits per heavy atom.